The van der Waals surface area contributed by atoms with E-state index in [-0.39, 0.29) is 5.57 Å². The number of ether oxygens (including phenoxy) is 2. The van der Waals surface area contributed by atoms with E-state index in [1.165, 1.54) is 4.90 Å². The molecular weight excluding hydrogens is 374 g/mol. The third-order valence-corrected chi connectivity index (χ3v) is 4.98. The number of cyclic esters (lactones) is 1. The molecule has 1 aromatic rings. The summed E-state index contributed by atoms with van der Waals surface area (Å²) in [5.74, 6) is -1.76. The van der Waals surface area contributed by atoms with Crippen LogP contribution in [0, 0.1) is 0 Å². The first-order valence-corrected chi connectivity index (χ1v) is 9.89. The van der Waals surface area contributed by atoms with Gasteiger partial charge in [0.25, 0.3) is 0 Å². The molecule has 1 amide bonds. The van der Waals surface area contributed by atoms with Crippen LogP contribution in [0.3, 0.4) is 0 Å². The molecule has 1 aromatic carbocycles. The van der Waals surface area contributed by atoms with Gasteiger partial charge >= 0.3 is 12.1 Å². The SMILES string of the molecule is CC(C)(C)OC(=O)N1CCCC1C(O)=C1C(=O)O[C@@H](CCc2ccccc2)C1=O. The zero-order valence-electron chi connectivity index (χ0n) is 17.0. The fourth-order valence-corrected chi connectivity index (χ4v) is 3.62. The summed E-state index contributed by atoms with van der Waals surface area (Å²) in [5.41, 5.74) is 0.00544. The summed E-state index contributed by atoms with van der Waals surface area (Å²) in [7, 11) is 0. The number of amides is 1. The molecule has 29 heavy (non-hydrogen) atoms. The van der Waals surface area contributed by atoms with Crippen LogP contribution in [-0.4, -0.2) is 52.1 Å². The maximum Gasteiger partial charge on any atom is 0.410 e. The van der Waals surface area contributed by atoms with Gasteiger partial charge < -0.3 is 14.6 Å². The zero-order chi connectivity index (χ0) is 21.2. The highest BCUT2D eigenvalue weighted by atomic mass is 16.6. The Morgan fingerprint density at radius 2 is 1.93 bits per heavy atom. The van der Waals surface area contributed by atoms with E-state index in [2.05, 4.69) is 0 Å². The van der Waals surface area contributed by atoms with Crippen molar-refractivity contribution in [2.24, 2.45) is 0 Å². The summed E-state index contributed by atoms with van der Waals surface area (Å²) in [6.45, 7) is 5.65. The van der Waals surface area contributed by atoms with Crippen LogP contribution >= 0.6 is 0 Å². The average Bonchev–Trinajstić information content (AvgIpc) is 3.24. The Morgan fingerprint density at radius 3 is 2.59 bits per heavy atom. The lowest BCUT2D eigenvalue weighted by atomic mass is 9.99. The normalized spacial score (nSPS) is 23.9. The molecule has 156 valence electrons. The Hall–Kier alpha value is -2.83. The first-order chi connectivity index (χ1) is 13.7. The lowest BCUT2D eigenvalue weighted by Gasteiger charge is -2.28. The minimum atomic E-state index is -0.920. The minimum Gasteiger partial charge on any atom is -0.509 e. The van der Waals surface area contributed by atoms with Gasteiger partial charge in [-0.2, -0.15) is 0 Å². The standard InChI is InChI=1S/C22H27NO6/c1-22(2,3)29-21(27)23-13-7-10-15(23)18(24)17-19(25)16(28-20(17)26)12-11-14-8-5-4-6-9-14/h4-6,8-9,15-16,24H,7,10-13H2,1-3H3/t15?,16-/m0/s1. The van der Waals surface area contributed by atoms with E-state index in [0.717, 1.165) is 5.56 Å². The van der Waals surface area contributed by atoms with Crippen molar-refractivity contribution in [1.82, 2.24) is 4.90 Å². The molecular formula is C22H27NO6. The third-order valence-electron chi connectivity index (χ3n) is 4.98. The number of esters is 1. The summed E-state index contributed by atoms with van der Waals surface area (Å²) in [4.78, 5) is 38.9. The molecule has 0 saturated carbocycles. The van der Waals surface area contributed by atoms with Crippen LogP contribution in [0.5, 0.6) is 0 Å². The molecule has 2 heterocycles. The lowest BCUT2D eigenvalue weighted by molar-refractivity contribution is -0.141. The predicted octanol–water partition coefficient (Wildman–Crippen LogP) is 3.33. The van der Waals surface area contributed by atoms with Gasteiger partial charge in [0.05, 0.1) is 6.04 Å². The van der Waals surface area contributed by atoms with E-state index in [0.29, 0.717) is 32.2 Å². The predicted molar refractivity (Wildman–Crippen MR) is 105 cm³/mol. The Labute approximate surface area is 170 Å². The monoisotopic (exact) mass is 401 g/mol. The second-order valence-corrected chi connectivity index (χ2v) is 8.37. The highest BCUT2D eigenvalue weighted by molar-refractivity contribution is 6.23. The Balaban J connectivity index is 1.74. The fraction of sp³-hybridized carbons (Fsp3) is 0.500. The second kappa shape index (κ2) is 8.27. The Kier molecular flexibility index (Phi) is 5.96. The molecule has 0 radical (unpaired) electrons. The summed E-state index contributed by atoms with van der Waals surface area (Å²) in [6.07, 6.45) is 0.506. The van der Waals surface area contributed by atoms with E-state index >= 15 is 0 Å². The van der Waals surface area contributed by atoms with E-state index in [9.17, 15) is 19.5 Å². The van der Waals surface area contributed by atoms with Gasteiger partial charge in [0, 0.05) is 6.54 Å². The quantitative estimate of drug-likeness (QED) is 0.360. The summed E-state index contributed by atoms with van der Waals surface area (Å²) < 4.78 is 10.6. The maximum atomic E-state index is 12.7. The molecule has 7 heteroatoms. The summed E-state index contributed by atoms with van der Waals surface area (Å²) in [6, 6.07) is 8.82. The van der Waals surface area contributed by atoms with Gasteiger partial charge in [-0.25, -0.2) is 9.59 Å². The van der Waals surface area contributed by atoms with Crippen LogP contribution in [0.15, 0.2) is 41.7 Å². The number of carbonyl (C=O) groups excluding carboxylic acids is 3. The summed E-state index contributed by atoms with van der Waals surface area (Å²) >= 11 is 0. The average molecular weight is 401 g/mol. The molecule has 2 atom stereocenters. The molecule has 2 aliphatic heterocycles. The van der Waals surface area contributed by atoms with Crippen LogP contribution in [0.2, 0.25) is 0 Å². The number of hydrogen-bond acceptors (Lipinski definition) is 6. The molecule has 2 saturated heterocycles. The lowest BCUT2D eigenvalue weighted by Crippen LogP contribution is -2.41. The molecule has 0 aliphatic carbocycles. The highest BCUT2D eigenvalue weighted by Gasteiger charge is 2.44. The van der Waals surface area contributed by atoms with Gasteiger partial charge in [-0.1, -0.05) is 30.3 Å². The molecule has 2 fully saturated rings. The number of rotatable bonds is 4. The van der Waals surface area contributed by atoms with Crippen molar-refractivity contribution in [2.75, 3.05) is 6.54 Å². The van der Waals surface area contributed by atoms with Crippen molar-refractivity contribution in [3.63, 3.8) is 0 Å². The largest absolute Gasteiger partial charge is 0.509 e. The number of hydrogen-bond donors (Lipinski definition) is 1. The van der Waals surface area contributed by atoms with Crippen LogP contribution in [0.4, 0.5) is 4.79 Å². The number of aryl methyl sites for hydroxylation is 1. The van der Waals surface area contributed by atoms with Gasteiger partial charge in [0.2, 0.25) is 5.78 Å². The van der Waals surface area contributed by atoms with Gasteiger partial charge in [-0.15, -0.1) is 0 Å². The van der Waals surface area contributed by atoms with Crippen molar-refractivity contribution >= 4 is 17.8 Å². The third kappa shape index (κ3) is 4.78. The molecule has 0 bridgehead atoms. The molecule has 3 rings (SSSR count). The van der Waals surface area contributed by atoms with Crippen molar-refractivity contribution < 1.29 is 29.0 Å². The smallest absolute Gasteiger partial charge is 0.410 e. The molecule has 7 nitrogen and oxygen atoms in total. The minimum absolute atomic E-state index is 0.339. The first kappa shape index (κ1) is 20.9. The number of benzene rings is 1. The highest BCUT2D eigenvalue weighted by Crippen LogP contribution is 2.30. The van der Waals surface area contributed by atoms with Gasteiger partial charge in [-0.05, 0) is 52.0 Å². The van der Waals surface area contributed by atoms with Crippen LogP contribution < -0.4 is 0 Å². The number of likely N-dealkylation sites (tertiary alicyclic amines) is 1. The number of aliphatic hydroxyl groups is 1. The first-order valence-electron chi connectivity index (χ1n) is 9.89. The molecule has 1 N–H and O–H groups in total. The van der Waals surface area contributed by atoms with E-state index in [4.69, 9.17) is 9.47 Å². The fourth-order valence-electron chi connectivity index (χ4n) is 3.62. The number of Topliss-reactive ketones (excluding diaryl/α,β-unsaturated/α-hetero) is 1. The zero-order valence-corrected chi connectivity index (χ0v) is 17.0. The number of ketones is 1. The van der Waals surface area contributed by atoms with Gasteiger partial charge in [0.15, 0.2) is 6.10 Å². The Bertz CT molecular complexity index is 823. The molecule has 0 spiro atoms. The molecule has 1 unspecified atom stereocenters. The van der Waals surface area contributed by atoms with Crippen LogP contribution in [0.25, 0.3) is 0 Å². The van der Waals surface area contributed by atoms with Crippen molar-refractivity contribution in [3.8, 4) is 0 Å². The molecule has 0 aromatic heterocycles. The van der Waals surface area contributed by atoms with Crippen molar-refractivity contribution in [3.05, 3.63) is 47.2 Å². The topological polar surface area (TPSA) is 93.1 Å². The number of carbonyl (C=O) groups is 3. The van der Waals surface area contributed by atoms with Crippen molar-refractivity contribution in [2.45, 2.75) is 64.2 Å². The maximum absolute atomic E-state index is 12.7. The van der Waals surface area contributed by atoms with Crippen LogP contribution in [-0.2, 0) is 25.5 Å². The number of nitrogens with zero attached hydrogens (tertiary/aromatic N) is 1. The van der Waals surface area contributed by atoms with Crippen molar-refractivity contribution in [1.29, 1.82) is 0 Å². The van der Waals surface area contributed by atoms with Crippen LogP contribution in [0.1, 0.15) is 45.6 Å². The summed E-state index contributed by atoms with van der Waals surface area (Å²) in [5, 5.41) is 10.7. The van der Waals surface area contributed by atoms with Gasteiger partial charge in [-0.3, -0.25) is 9.69 Å². The van der Waals surface area contributed by atoms with Gasteiger partial charge in [0.1, 0.15) is 16.9 Å². The number of aliphatic hydroxyl groups excluding tert-OH is 1. The van der Waals surface area contributed by atoms with E-state index in [1.54, 1.807) is 20.8 Å². The molecule has 2 aliphatic rings. The van der Waals surface area contributed by atoms with E-state index in [1.807, 2.05) is 30.3 Å². The second-order valence-electron chi connectivity index (χ2n) is 8.37. The van der Waals surface area contributed by atoms with E-state index < -0.39 is 41.4 Å². The Morgan fingerprint density at radius 1 is 1.24 bits per heavy atom.